The monoisotopic (exact) mass is 352 g/mol. The standard InChI is InChI=1S/C16H21FN4O2S/c1-12(22)21-11-24-10-14(21)16(23)20-7-3-6-19(8-9-20)15-13(17)4-2-5-18-15/h2,4-5,14H,3,6-11H2,1H3. The maximum atomic E-state index is 13.9. The van der Waals surface area contributed by atoms with Gasteiger partial charge in [0.1, 0.15) is 6.04 Å². The van der Waals surface area contributed by atoms with Gasteiger partial charge < -0.3 is 14.7 Å². The zero-order valence-electron chi connectivity index (χ0n) is 13.7. The summed E-state index contributed by atoms with van der Waals surface area (Å²) < 4.78 is 13.9. The first-order valence-corrected chi connectivity index (χ1v) is 9.22. The van der Waals surface area contributed by atoms with Crippen LogP contribution in [0.2, 0.25) is 0 Å². The van der Waals surface area contributed by atoms with Crippen molar-refractivity contribution >= 4 is 29.4 Å². The largest absolute Gasteiger partial charge is 0.352 e. The minimum absolute atomic E-state index is 0.00135. The van der Waals surface area contributed by atoms with Gasteiger partial charge in [-0.3, -0.25) is 9.59 Å². The number of hydrogen-bond donors (Lipinski definition) is 0. The summed E-state index contributed by atoms with van der Waals surface area (Å²) in [5, 5.41) is 0. The third-order valence-electron chi connectivity index (χ3n) is 4.42. The van der Waals surface area contributed by atoms with Crippen LogP contribution in [0, 0.1) is 5.82 Å². The molecule has 6 nitrogen and oxygen atoms in total. The highest BCUT2D eigenvalue weighted by Gasteiger charge is 2.36. The Bertz CT molecular complexity index is 630. The van der Waals surface area contributed by atoms with Gasteiger partial charge in [0.05, 0.1) is 5.88 Å². The van der Waals surface area contributed by atoms with Crippen molar-refractivity contribution in [1.29, 1.82) is 0 Å². The van der Waals surface area contributed by atoms with Crippen LogP contribution in [-0.4, -0.2) is 70.4 Å². The number of thioether (sulfide) groups is 1. The molecule has 130 valence electrons. The molecule has 2 amide bonds. The van der Waals surface area contributed by atoms with Crippen LogP contribution < -0.4 is 4.90 Å². The fraction of sp³-hybridized carbons (Fsp3) is 0.562. The van der Waals surface area contributed by atoms with Crippen molar-refractivity contribution in [2.45, 2.75) is 19.4 Å². The number of amides is 2. The lowest BCUT2D eigenvalue weighted by molar-refractivity contribution is -0.142. The highest BCUT2D eigenvalue weighted by molar-refractivity contribution is 7.99. The third-order valence-corrected chi connectivity index (χ3v) is 5.43. The predicted molar refractivity (Wildman–Crippen MR) is 91.2 cm³/mol. The maximum Gasteiger partial charge on any atom is 0.246 e. The predicted octanol–water partition coefficient (Wildman–Crippen LogP) is 1.18. The number of carbonyl (C=O) groups is 2. The van der Waals surface area contributed by atoms with E-state index < -0.39 is 0 Å². The average Bonchev–Trinajstić information content (AvgIpc) is 2.94. The Morgan fingerprint density at radius 3 is 2.88 bits per heavy atom. The summed E-state index contributed by atoms with van der Waals surface area (Å²) in [5.74, 6) is 1.16. The van der Waals surface area contributed by atoms with Gasteiger partial charge in [-0.1, -0.05) is 0 Å². The fourth-order valence-electron chi connectivity index (χ4n) is 3.13. The van der Waals surface area contributed by atoms with E-state index in [4.69, 9.17) is 0 Å². The van der Waals surface area contributed by atoms with Crippen molar-refractivity contribution in [3.05, 3.63) is 24.1 Å². The molecule has 0 aliphatic carbocycles. The Labute approximate surface area is 145 Å². The number of halogens is 1. The quantitative estimate of drug-likeness (QED) is 0.800. The topological polar surface area (TPSA) is 56.8 Å². The Hall–Kier alpha value is -1.83. The van der Waals surface area contributed by atoms with Crippen molar-refractivity contribution in [1.82, 2.24) is 14.8 Å². The van der Waals surface area contributed by atoms with Gasteiger partial charge in [0.2, 0.25) is 11.8 Å². The molecule has 1 aromatic rings. The van der Waals surface area contributed by atoms with Crippen molar-refractivity contribution in [3.63, 3.8) is 0 Å². The SMILES string of the molecule is CC(=O)N1CSCC1C(=O)N1CCCN(c2ncccc2F)CC1. The summed E-state index contributed by atoms with van der Waals surface area (Å²) in [6.45, 7) is 3.84. The maximum absolute atomic E-state index is 13.9. The molecule has 1 aromatic heterocycles. The number of aromatic nitrogens is 1. The molecule has 0 spiro atoms. The van der Waals surface area contributed by atoms with E-state index in [-0.39, 0.29) is 23.7 Å². The zero-order valence-corrected chi connectivity index (χ0v) is 14.5. The average molecular weight is 352 g/mol. The fourth-order valence-corrected chi connectivity index (χ4v) is 4.34. The highest BCUT2D eigenvalue weighted by atomic mass is 32.2. The Morgan fingerprint density at radius 2 is 2.12 bits per heavy atom. The van der Waals surface area contributed by atoms with Gasteiger partial charge >= 0.3 is 0 Å². The molecule has 2 fully saturated rings. The van der Waals surface area contributed by atoms with Crippen LogP contribution in [0.1, 0.15) is 13.3 Å². The number of hydrogen-bond acceptors (Lipinski definition) is 5. The molecule has 0 radical (unpaired) electrons. The molecule has 2 aliphatic heterocycles. The molecule has 2 saturated heterocycles. The van der Waals surface area contributed by atoms with E-state index in [2.05, 4.69) is 4.98 Å². The second-order valence-electron chi connectivity index (χ2n) is 5.98. The number of carbonyl (C=O) groups excluding carboxylic acids is 2. The molecule has 8 heteroatoms. The number of nitrogens with zero attached hydrogens (tertiary/aromatic N) is 4. The van der Waals surface area contributed by atoms with Crippen molar-refractivity contribution in [3.8, 4) is 0 Å². The molecular formula is C16H21FN4O2S. The van der Waals surface area contributed by atoms with Gasteiger partial charge in [-0.15, -0.1) is 11.8 Å². The van der Waals surface area contributed by atoms with E-state index in [1.165, 1.54) is 13.0 Å². The van der Waals surface area contributed by atoms with Crippen LogP contribution in [-0.2, 0) is 9.59 Å². The van der Waals surface area contributed by atoms with E-state index in [0.717, 1.165) is 6.42 Å². The van der Waals surface area contributed by atoms with Gasteiger partial charge in [-0.2, -0.15) is 0 Å². The lowest BCUT2D eigenvalue weighted by atomic mass is 10.2. The Balaban J connectivity index is 1.66. The Kier molecular flexibility index (Phi) is 5.23. The number of anilines is 1. The molecule has 2 aliphatic rings. The second kappa shape index (κ2) is 7.38. The van der Waals surface area contributed by atoms with Gasteiger partial charge in [-0.25, -0.2) is 9.37 Å². The number of rotatable bonds is 2. The van der Waals surface area contributed by atoms with Gasteiger partial charge in [0.15, 0.2) is 11.6 Å². The molecule has 1 unspecified atom stereocenters. The third kappa shape index (κ3) is 3.48. The molecule has 0 N–H and O–H groups in total. The lowest BCUT2D eigenvalue weighted by Gasteiger charge is -2.28. The summed E-state index contributed by atoms with van der Waals surface area (Å²) in [6, 6.07) is 2.60. The zero-order chi connectivity index (χ0) is 17.1. The first kappa shape index (κ1) is 17.0. The van der Waals surface area contributed by atoms with E-state index in [9.17, 15) is 14.0 Å². The summed E-state index contributed by atoms with van der Waals surface area (Å²) in [6.07, 6.45) is 2.33. The van der Waals surface area contributed by atoms with E-state index >= 15 is 0 Å². The summed E-state index contributed by atoms with van der Waals surface area (Å²) in [5.41, 5.74) is 0. The summed E-state index contributed by atoms with van der Waals surface area (Å²) in [7, 11) is 0. The van der Waals surface area contributed by atoms with Gasteiger partial charge in [0.25, 0.3) is 0 Å². The van der Waals surface area contributed by atoms with Crippen LogP contribution >= 0.6 is 11.8 Å². The summed E-state index contributed by atoms with van der Waals surface area (Å²) in [4.78, 5) is 33.9. The molecule has 1 atom stereocenters. The molecule has 3 heterocycles. The first-order chi connectivity index (χ1) is 11.6. The molecule has 24 heavy (non-hydrogen) atoms. The number of pyridine rings is 1. The molecule has 0 saturated carbocycles. The molecule has 3 rings (SSSR count). The minimum Gasteiger partial charge on any atom is -0.352 e. The van der Waals surface area contributed by atoms with Crippen LogP contribution in [0.15, 0.2) is 18.3 Å². The molecule has 0 aromatic carbocycles. The van der Waals surface area contributed by atoms with Crippen molar-refractivity contribution < 1.29 is 14.0 Å². The first-order valence-electron chi connectivity index (χ1n) is 8.07. The van der Waals surface area contributed by atoms with Crippen LogP contribution in [0.5, 0.6) is 0 Å². The highest BCUT2D eigenvalue weighted by Crippen LogP contribution is 2.24. The molecular weight excluding hydrogens is 331 g/mol. The normalized spacial score (nSPS) is 21.8. The molecule has 0 bridgehead atoms. The van der Waals surface area contributed by atoms with Crippen molar-refractivity contribution in [2.24, 2.45) is 0 Å². The summed E-state index contributed by atoms with van der Waals surface area (Å²) >= 11 is 1.60. The van der Waals surface area contributed by atoms with E-state index in [1.807, 2.05) is 4.90 Å². The van der Waals surface area contributed by atoms with Crippen LogP contribution in [0.3, 0.4) is 0 Å². The van der Waals surface area contributed by atoms with Crippen LogP contribution in [0.25, 0.3) is 0 Å². The van der Waals surface area contributed by atoms with Gasteiger partial charge in [-0.05, 0) is 18.6 Å². The van der Waals surface area contributed by atoms with Gasteiger partial charge in [0, 0.05) is 45.1 Å². The van der Waals surface area contributed by atoms with E-state index in [1.54, 1.807) is 33.8 Å². The lowest BCUT2D eigenvalue weighted by Crippen LogP contribution is -2.49. The van der Waals surface area contributed by atoms with Crippen LogP contribution in [0.4, 0.5) is 10.2 Å². The van der Waals surface area contributed by atoms with Crippen molar-refractivity contribution in [2.75, 3.05) is 42.7 Å². The second-order valence-corrected chi connectivity index (χ2v) is 6.98. The van der Waals surface area contributed by atoms with E-state index in [0.29, 0.717) is 43.6 Å². The Morgan fingerprint density at radius 1 is 1.29 bits per heavy atom. The minimum atomic E-state index is -0.370. The smallest absolute Gasteiger partial charge is 0.246 e.